The second kappa shape index (κ2) is 15.7. The van der Waals surface area contributed by atoms with Crippen molar-refractivity contribution in [2.45, 2.75) is 81.8 Å². The first kappa shape index (κ1) is 40.4. The molecule has 3 saturated heterocycles. The lowest BCUT2D eigenvalue weighted by Gasteiger charge is -2.54. The number of anilines is 2. The number of hydrogen-bond donors (Lipinski definition) is 2. The summed E-state index contributed by atoms with van der Waals surface area (Å²) in [5.74, 6) is 1.02. The van der Waals surface area contributed by atoms with Gasteiger partial charge in [0.15, 0.2) is 0 Å². The Balaban J connectivity index is 0.722. The third-order valence-corrected chi connectivity index (χ3v) is 15.9. The van der Waals surface area contributed by atoms with Gasteiger partial charge in [-0.25, -0.2) is 4.39 Å². The minimum atomic E-state index is -0.713. The van der Waals surface area contributed by atoms with Crippen molar-refractivity contribution < 1.29 is 33.4 Å². The number of nitrogens with zero attached hydrogens (tertiary/aromatic N) is 4. The molecule has 11 nitrogen and oxygen atoms in total. The Kier molecular flexibility index (Phi) is 10.1. The monoisotopic (exact) mass is 873 g/mol. The fraction of sp³-hybridized carbons (Fsp3) is 0.460. The molecule has 0 bridgehead atoms. The number of phenolic OH excluding ortho intramolecular Hbond substituents is 1. The van der Waals surface area contributed by atoms with Crippen molar-refractivity contribution in [2.75, 3.05) is 62.8 Å². The molecule has 4 aromatic rings. The summed E-state index contributed by atoms with van der Waals surface area (Å²) in [6, 6.07) is 21.0. The summed E-state index contributed by atoms with van der Waals surface area (Å²) < 4.78 is 29.0. The van der Waals surface area contributed by atoms with Crippen molar-refractivity contribution >= 4 is 40.7 Å². The largest absolute Gasteiger partial charge is 0.508 e. The van der Waals surface area contributed by atoms with Crippen LogP contribution >= 0.6 is 11.6 Å². The van der Waals surface area contributed by atoms with E-state index in [1.165, 1.54) is 23.3 Å². The van der Waals surface area contributed by atoms with Crippen LogP contribution in [-0.4, -0.2) is 97.7 Å². The molecule has 2 aliphatic carbocycles. The number of methoxy groups -OCH3 is 1. The highest BCUT2D eigenvalue weighted by Gasteiger charge is 2.48. The number of imide groups is 1. The molecule has 0 radical (unpaired) electrons. The van der Waals surface area contributed by atoms with E-state index in [0.717, 1.165) is 92.9 Å². The predicted octanol–water partition coefficient (Wildman–Crippen LogP) is 7.40. The number of benzene rings is 4. The third kappa shape index (κ3) is 6.99. The molecule has 5 aliphatic heterocycles. The van der Waals surface area contributed by atoms with Crippen molar-refractivity contribution in [3.63, 3.8) is 0 Å². The van der Waals surface area contributed by atoms with Crippen LogP contribution in [0.2, 0.25) is 5.02 Å². The number of ether oxygens (including phenoxy) is 2. The lowest BCUT2D eigenvalue weighted by atomic mass is 9.57. The van der Waals surface area contributed by atoms with Crippen molar-refractivity contribution in [1.82, 2.24) is 15.1 Å². The Hall–Kier alpha value is -5.33. The van der Waals surface area contributed by atoms with Crippen molar-refractivity contribution in [1.29, 1.82) is 0 Å². The maximum atomic E-state index is 16.5. The van der Waals surface area contributed by atoms with Crippen molar-refractivity contribution in [3.05, 3.63) is 111 Å². The number of aryl methyl sites for hydroxylation is 1. The van der Waals surface area contributed by atoms with Crippen LogP contribution in [0.3, 0.4) is 0 Å². The van der Waals surface area contributed by atoms with Crippen LogP contribution in [-0.2, 0) is 22.6 Å². The van der Waals surface area contributed by atoms with E-state index in [1.54, 1.807) is 19.2 Å². The number of halogens is 2. The summed E-state index contributed by atoms with van der Waals surface area (Å²) in [6.07, 6.45) is 6.68. The molecule has 11 rings (SSSR count). The normalized spacial score (nSPS) is 25.4. The first-order valence-corrected chi connectivity index (χ1v) is 23.0. The Morgan fingerprint density at radius 2 is 1.73 bits per heavy atom. The molecular weight excluding hydrogens is 821 g/mol. The van der Waals surface area contributed by atoms with Gasteiger partial charge >= 0.3 is 0 Å². The van der Waals surface area contributed by atoms with Gasteiger partial charge in [0.05, 0.1) is 41.7 Å². The van der Waals surface area contributed by atoms with E-state index in [9.17, 15) is 19.5 Å². The van der Waals surface area contributed by atoms with E-state index in [2.05, 4.69) is 44.3 Å². The SMILES string of the molecule is COc1cc(N2CCC3(CC2)CC(CN2CCN4c5cc(Cl)c6c(c5OC[C@H]4C2)CN([C@H]2CCC(=O)NC2=O)C6=O)C3)c(F)cc1[C@@H]1c2ccc(O)cc2CC[C@@H]1c1ccccc1. The van der Waals surface area contributed by atoms with Crippen LogP contribution in [0.25, 0.3) is 0 Å². The van der Waals surface area contributed by atoms with E-state index in [0.29, 0.717) is 52.1 Å². The Bertz CT molecular complexity index is 2500. The number of carbonyl (C=O) groups excluding carboxylic acids is 3. The van der Waals surface area contributed by atoms with Crippen molar-refractivity contribution in [3.8, 4) is 17.2 Å². The second-order valence-electron chi connectivity index (χ2n) is 19.1. The highest BCUT2D eigenvalue weighted by molar-refractivity contribution is 6.35. The number of piperidine rings is 2. The highest BCUT2D eigenvalue weighted by Crippen LogP contribution is 2.55. The van der Waals surface area contributed by atoms with Gasteiger partial charge < -0.3 is 29.3 Å². The molecule has 4 atom stereocenters. The Labute approximate surface area is 372 Å². The molecule has 0 aromatic heterocycles. The van der Waals surface area contributed by atoms with Crippen LogP contribution in [0.15, 0.2) is 66.7 Å². The lowest BCUT2D eigenvalue weighted by Crippen LogP contribution is -2.59. The molecule has 328 valence electrons. The number of amides is 3. The number of phenols is 1. The van der Waals surface area contributed by atoms with Crippen LogP contribution < -0.4 is 24.6 Å². The average molecular weight is 874 g/mol. The smallest absolute Gasteiger partial charge is 0.256 e. The summed E-state index contributed by atoms with van der Waals surface area (Å²) in [4.78, 5) is 46.7. The van der Waals surface area contributed by atoms with Gasteiger partial charge in [-0.3, -0.25) is 24.6 Å². The molecule has 1 saturated carbocycles. The minimum Gasteiger partial charge on any atom is -0.508 e. The Morgan fingerprint density at radius 1 is 0.921 bits per heavy atom. The van der Waals surface area contributed by atoms with Gasteiger partial charge in [0.25, 0.3) is 5.91 Å². The summed E-state index contributed by atoms with van der Waals surface area (Å²) in [5.41, 5.74) is 7.22. The van der Waals surface area contributed by atoms with Gasteiger partial charge in [0.1, 0.15) is 35.7 Å². The summed E-state index contributed by atoms with van der Waals surface area (Å²) >= 11 is 6.81. The van der Waals surface area contributed by atoms with E-state index < -0.39 is 11.9 Å². The molecule has 2 N–H and O–H groups in total. The zero-order valence-electron chi connectivity index (χ0n) is 35.6. The maximum absolute atomic E-state index is 16.5. The van der Waals surface area contributed by atoms with Gasteiger partial charge in [0, 0.05) is 68.8 Å². The first-order valence-electron chi connectivity index (χ1n) is 22.7. The Morgan fingerprint density at radius 3 is 2.51 bits per heavy atom. The van der Waals surface area contributed by atoms with Gasteiger partial charge in [-0.15, -0.1) is 0 Å². The molecule has 13 heteroatoms. The number of carbonyl (C=O) groups is 3. The summed E-state index contributed by atoms with van der Waals surface area (Å²) in [7, 11) is 1.68. The fourth-order valence-corrected chi connectivity index (χ4v) is 12.8. The predicted molar refractivity (Wildman–Crippen MR) is 238 cm³/mol. The molecule has 3 amide bonds. The summed E-state index contributed by atoms with van der Waals surface area (Å²) in [5, 5.41) is 13.1. The first-order chi connectivity index (χ1) is 30.6. The van der Waals surface area contributed by atoms with Crippen molar-refractivity contribution in [2.24, 2.45) is 11.3 Å². The second-order valence-corrected chi connectivity index (χ2v) is 19.5. The van der Waals surface area contributed by atoms with Gasteiger partial charge in [-0.05, 0) is 103 Å². The number of rotatable bonds is 7. The topological polar surface area (TPSA) is 115 Å². The van der Waals surface area contributed by atoms with Gasteiger partial charge in [0.2, 0.25) is 11.8 Å². The standard InChI is InChI=1S/C50H53ClFN5O6/c1-62-43-22-41(39(52)20-36(43)45-34(30-5-3-2-4-6-30)9-7-31-19-33(58)8-10-35(31)45)55-15-13-50(14-16-55)23-29(24-50)25-54-17-18-56-32(26-54)28-63-47-37-27-57(40-11-12-44(59)53-48(40)60)49(61)46(37)38(51)21-42(47)56/h2-6,8,10,19-22,29,32,34,40,45,58H,7,9,11-18,23-28H2,1H3,(H,53,59,60)/t32-,34-,40+,45+/m1/s1. The zero-order valence-corrected chi connectivity index (χ0v) is 36.3. The van der Waals surface area contributed by atoms with E-state index >= 15 is 4.39 Å². The summed E-state index contributed by atoms with van der Waals surface area (Å²) in [6.45, 7) is 6.02. The van der Waals surface area contributed by atoms with E-state index in [-0.39, 0.29) is 54.2 Å². The molecule has 63 heavy (non-hydrogen) atoms. The number of fused-ring (bicyclic) bond motifs is 6. The van der Waals surface area contributed by atoms with Crippen LogP contribution in [0.1, 0.15) is 95.0 Å². The molecule has 1 spiro atoms. The molecule has 5 heterocycles. The van der Waals surface area contributed by atoms with E-state index in [4.69, 9.17) is 21.1 Å². The molecule has 7 aliphatic rings. The zero-order chi connectivity index (χ0) is 43.1. The van der Waals surface area contributed by atoms with Crippen LogP contribution in [0.4, 0.5) is 15.8 Å². The third-order valence-electron chi connectivity index (χ3n) is 15.6. The van der Waals surface area contributed by atoms with Gasteiger partial charge in [-0.1, -0.05) is 48.0 Å². The van der Waals surface area contributed by atoms with E-state index in [1.807, 2.05) is 30.3 Å². The molecule has 4 aromatic carbocycles. The molecular formula is C50H53ClFN5O6. The minimum absolute atomic E-state index is 0.109. The van der Waals surface area contributed by atoms with Crippen LogP contribution in [0, 0.1) is 17.2 Å². The van der Waals surface area contributed by atoms with Gasteiger partial charge in [-0.2, -0.15) is 0 Å². The number of aromatic hydroxyl groups is 1. The van der Waals surface area contributed by atoms with Crippen LogP contribution in [0.5, 0.6) is 17.2 Å². The highest BCUT2D eigenvalue weighted by atomic mass is 35.5. The lowest BCUT2D eigenvalue weighted by molar-refractivity contribution is -0.136. The molecule has 4 fully saturated rings. The fourth-order valence-electron chi connectivity index (χ4n) is 12.5. The quantitative estimate of drug-likeness (QED) is 0.184. The number of piperazine rings is 1. The number of nitrogens with one attached hydrogen (secondary N) is 1. The molecule has 0 unspecified atom stereocenters. The average Bonchev–Trinajstić information content (AvgIpc) is 3.62. The number of hydrogen-bond acceptors (Lipinski definition) is 9. The maximum Gasteiger partial charge on any atom is 0.256 e.